The minimum absolute atomic E-state index is 0.636. The third-order valence-electron chi connectivity index (χ3n) is 3.33. The molecule has 0 aromatic heterocycles. The summed E-state index contributed by atoms with van der Waals surface area (Å²) in [7, 11) is 3.43. The molecule has 0 spiro atoms. The van der Waals surface area contributed by atoms with Crippen LogP contribution in [0.4, 0.5) is 0 Å². The number of benzene rings is 1. The van der Waals surface area contributed by atoms with Gasteiger partial charge in [0.2, 0.25) is 0 Å². The Balaban J connectivity index is 2.06. The monoisotopic (exact) mass is 298 g/mol. The van der Waals surface area contributed by atoms with Crippen molar-refractivity contribution in [2.75, 3.05) is 14.2 Å². The van der Waals surface area contributed by atoms with Crippen LogP contribution in [-0.2, 0) is 6.42 Å². The summed E-state index contributed by atoms with van der Waals surface area (Å²) < 4.78 is 10.8. The van der Waals surface area contributed by atoms with E-state index in [9.17, 15) is 0 Å². The third kappa shape index (κ3) is 3.15. The zero-order valence-electron chi connectivity index (χ0n) is 10.4. The highest BCUT2D eigenvalue weighted by atomic mass is 79.9. The number of rotatable bonds is 6. The lowest BCUT2D eigenvalue weighted by Gasteiger charge is -2.14. The largest absolute Gasteiger partial charge is 0.496 e. The van der Waals surface area contributed by atoms with Crippen molar-refractivity contribution in [2.45, 2.75) is 30.5 Å². The highest BCUT2D eigenvalue weighted by molar-refractivity contribution is 9.09. The Bertz CT molecular complexity index is 352. The van der Waals surface area contributed by atoms with Gasteiger partial charge in [-0.25, -0.2) is 0 Å². The summed E-state index contributed by atoms with van der Waals surface area (Å²) in [5.74, 6) is 2.75. The molecule has 0 N–H and O–H groups in total. The molecule has 2 nitrogen and oxygen atoms in total. The fraction of sp³-hybridized carbons (Fsp3) is 0.571. The molecular weight excluding hydrogens is 280 g/mol. The Morgan fingerprint density at radius 1 is 1.24 bits per heavy atom. The second-order valence-electron chi connectivity index (χ2n) is 4.53. The molecular formula is C14H19BrO2. The molecule has 1 saturated carbocycles. The minimum atomic E-state index is 0.636. The molecule has 0 bridgehead atoms. The van der Waals surface area contributed by atoms with Gasteiger partial charge in [-0.2, -0.15) is 0 Å². The first-order chi connectivity index (χ1) is 8.26. The molecule has 1 aliphatic rings. The van der Waals surface area contributed by atoms with E-state index in [4.69, 9.17) is 9.47 Å². The van der Waals surface area contributed by atoms with Crippen LogP contribution in [0.25, 0.3) is 0 Å². The Morgan fingerprint density at radius 3 is 2.29 bits per heavy atom. The Labute approximate surface area is 111 Å². The summed E-state index contributed by atoms with van der Waals surface area (Å²) >= 11 is 3.77. The molecule has 1 atom stereocenters. The minimum Gasteiger partial charge on any atom is -0.496 e. The fourth-order valence-corrected chi connectivity index (χ4v) is 2.91. The van der Waals surface area contributed by atoms with Crippen molar-refractivity contribution in [3.63, 3.8) is 0 Å². The summed E-state index contributed by atoms with van der Waals surface area (Å²) in [5, 5.41) is 0. The van der Waals surface area contributed by atoms with Crippen molar-refractivity contribution >= 4 is 15.9 Å². The molecule has 17 heavy (non-hydrogen) atoms. The summed E-state index contributed by atoms with van der Waals surface area (Å²) in [6.07, 6.45) is 4.89. The van der Waals surface area contributed by atoms with Crippen LogP contribution in [-0.4, -0.2) is 19.0 Å². The van der Waals surface area contributed by atoms with Crippen LogP contribution >= 0.6 is 15.9 Å². The van der Waals surface area contributed by atoms with E-state index in [-0.39, 0.29) is 0 Å². The first-order valence-corrected chi connectivity index (χ1v) is 7.01. The lowest BCUT2D eigenvalue weighted by Crippen LogP contribution is -2.04. The van der Waals surface area contributed by atoms with Gasteiger partial charge in [-0.1, -0.05) is 22.0 Å². The second kappa shape index (κ2) is 5.76. The van der Waals surface area contributed by atoms with E-state index in [1.54, 1.807) is 14.2 Å². The van der Waals surface area contributed by atoms with E-state index >= 15 is 0 Å². The Kier molecular flexibility index (Phi) is 4.32. The van der Waals surface area contributed by atoms with Gasteiger partial charge in [0.25, 0.3) is 0 Å². The molecule has 0 aliphatic heterocycles. The number of alkyl halides is 1. The van der Waals surface area contributed by atoms with Crippen LogP contribution in [0, 0.1) is 5.92 Å². The number of halogens is 1. The summed E-state index contributed by atoms with van der Waals surface area (Å²) in [5.41, 5.74) is 1.18. The van der Waals surface area contributed by atoms with Crippen LogP contribution < -0.4 is 9.47 Å². The number of methoxy groups -OCH3 is 2. The molecule has 0 radical (unpaired) electrons. The van der Waals surface area contributed by atoms with E-state index in [0.717, 1.165) is 30.3 Å². The van der Waals surface area contributed by atoms with Gasteiger partial charge < -0.3 is 9.47 Å². The second-order valence-corrected chi connectivity index (χ2v) is 5.71. The van der Waals surface area contributed by atoms with Gasteiger partial charge in [-0.05, 0) is 43.7 Å². The number of hydrogen-bond donors (Lipinski definition) is 0. The third-order valence-corrected chi connectivity index (χ3v) is 4.54. The maximum atomic E-state index is 5.40. The van der Waals surface area contributed by atoms with E-state index in [2.05, 4.69) is 15.9 Å². The van der Waals surface area contributed by atoms with Crippen molar-refractivity contribution in [1.82, 2.24) is 0 Å². The number of ether oxygens (including phenoxy) is 2. The number of hydrogen-bond acceptors (Lipinski definition) is 2. The van der Waals surface area contributed by atoms with Crippen molar-refractivity contribution < 1.29 is 9.47 Å². The fourth-order valence-electron chi connectivity index (χ4n) is 2.15. The van der Waals surface area contributed by atoms with E-state index in [1.807, 2.05) is 18.2 Å². The molecule has 1 aromatic rings. The molecule has 2 rings (SSSR count). The van der Waals surface area contributed by atoms with E-state index in [0.29, 0.717) is 4.83 Å². The lowest BCUT2D eigenvalue weighted by atomic mass is 10.0. The molecule has 3 heteroatoms. The zero-order valence-corrected chi connectivity index (χ0v) is 12.0. The average molecular weight is 299 g/mol. The molecule has 0 amide bonds. The molecule has 0 heterocycles. The lowest BCUT2D eigenvalue weighted by molar-refractivity contribution is 0.384. The van der Waals surface area contributed by atoms with Gasteiger partial charge in [-0.3, -0.25) is 0 Å². The van der Waals surface area contributed by atoms with Crippen LogP contribution in [0.2, 0.25) is 0 Å². The normalized spacial score (nSPS) is 16.6. The molecule has 94 valence electrons. The Morgan fingerprint density at radius 2 is 1.82 bits per heavy atom. The Hall–Kier alpha value is -0.700. The molecule has 0 saturated heterocycles. The van der Waals surface area contributed by atoms with Crippen LogP contribution in [0.1, 0.15) is 24.8 Å². The zero-order chi connectivity index (χ0) is 12.3. The quantitative estimate of drug-likeness (QED) is 0.744. The van der Waals surface area contributed by atoms with Gasteiger partial charge in [0.15, 0.2) is 0 Å². The summed E-state index contributed by atoms with van der Waals surface area (Å²) in [6, 6.07) is 5.96. The van der Waals surface area contributed by atoms with Crippen molar-refractivity contribution in [3.05, 3.63) is 23.8 Å². The molecule has 1 aromatic carbocycles. The van der Waals surface area contributed by atoms with Gasteiger partial charge in [0.1, 0.15) is 11.5 Å². The van der Waals surface area contributed by atoms with Gasteiger partial charge in [-0.15, -0.1) is 0 Å². The SMILES string of the molecule is COc1cccc(OC)c1CCC(Br)C1CC1. The topological polar surface area (TPSA) is 18.5 Å². The maximum absolute atomic E-state index is 5.40. The van der Waals surface area contributed by atoms with Gasteiger partial charge >= 0.3 is 0 Å². The van der Waals surface area contributed by atoms with E-state index in [1.165, 1.54) is 18.4 Å². The average Bonchev–Trinajstić information content (AvgIpc) is 3.19. The molecule has 1 unspecified atom stereocenters. The smallest absolute Gasteiger partial charge is 0.125 e. The first kappa shape index (κ1) is 12.7. The standard InChI is InChI=1S/C14H19BrO2/c1-16-13-4-3-5-14(17-2)11(13)8-9-12(15)10-6-7-10/h3-5,10,12H,6-9H2,1-2H3. The van der Waals surface area contributed by atoms with Crippen LogP contribution in [0.3, 0.4) is 0 Å². The first-order valence-electron chi connectivity index (χ1n) is 6.10. The van der Waals surface area contributed by atoms with Crippen LogP contribution in [0.5, 0.6) is 11.5 Å². The van der Waals surface area contributed by atoms with Gasteiger partial charge in [0.05, 0.1) is 14.2 Å². The van der Waals surface area contributed by atoms with Crippen LogP contribution in [0.15, 0.2) is 18.2 Å². The predicted molar refractivity (Wildman–Crippen MR) is 73.3 cm³/mol. The highest BCUT2D eigenvalue weighted by Crippen LogP contribution is 2.39. The summed E-state index contributed by atoms with van der Waals surface area (Å²) in [6.45, 7) is 0. The highest BCUT2D eigenvalue weighted by Gasteiger charge is 2.29. The molecule has 1 aliphatic carbocycles. The summed E-state index contributed by atoms with van der Waals surface area (Å²) in [4.78, 5) is 0.636. The van der Waals surface area contributed by atoms with Crippen molar-refractivity contribution in [2.24, 2.45) is 5.92 Å². The van der Waals surface area contributed by atoms with Crippen molar-refractivity contribution in [1.29, 1.82) is 0 Å². The van der Waals surface area contributed by atoms with Crippen molar-refractivity contribution in [3.8, 4) is 11.5 Å². The molecule has 1 fully saturated rings. The van der Waals surface area contributed by atoms with E-state index < -0.39 is 0 Å². The van der Waals surface area contributed by atoms with Gasteiger partial charge in [0, 0.05) is 10.4 Å². The maximum Gasteiger partial charge on any atom is 0.125 e. The predicted octanol–water partition coefficient (Wildman–Crippen LogP) is 3.81.